The van der Waals surface area contributed by atoms with Crippen LogP contribution in [0.25, 0.3) is 22.4 Å². The zero-order chi connectivity index (χ0) is 17.8. The van der Waals surface area contributed by atoms with Gasteiger partial charge in [-0.1, -0.05) is 42.5 Å². The summed E-state index contributed by atoms with van der Waals surface area (Å²) in [6.07, 6.45) is 0. The Hall–Kier alpha value is -3.27. The van der Waals surface area contributed by atoms with Gasteiger partial charge in [0.1, 0.15) is 12.4 Å². The molecule has 0 atom stereocenters. The summed E-state index contributed by atoms with van der Waals surface area (Å²) in [5.41, 5.74) is 4.06. The lowest BCUT2D eigenvalue weighted by Crippen LogP contribution is -2.00. The fourth-order valence-electron chi connectivity index (χ4n) is 2.87. The highest BCUT2D eigenvalue weighted by Gasteiger charge is 2.11. The second-order valence-corrected chi connectivity index (χ2v) is 5.97. The fourth-order valence-corrected chi connectivity index (χ4v) is 2.87. The lowest BCUT2D eigenvalue weighted by molar-refractivity contribution is 0.269. The third-order valence-corrected chi connectivity index (χ3v) is 4.14. The van der Waals surface area contributed by atoms with Gasteiger partial charge < -0.3 is 14.5 Å². The molecule has 0 fully saturated rings. The maximum absolute atomic E-state index is 5.97. The normalized spacial score (nSPS) is 10.8. The minimum Gasteiger partial charge on any atom is -0.490 e. The number of benzene rings is 3. The van der Waals surface area contributed by atoms with E-state index in [0.717, 1.165) is 39.5 Å². The molecular weight excluding hydrogens is 324 g/mol. The van der Waals surface area contributed by atoms with E-state index in [2.05, 4.69) is 9.97 Å². The molecule has 3 aromatic carbocycles. The quantitative estimate of drug-likeness (QED) is 0.522. The molecule has 0 saturated carbocycles. The van der Waals surface area contributed by atoms with Gasteiger partial charge in [0.15, 0.2) is 11.5 Å². The van der Waals surface area contributed by atoms with Crippen LogP contribution in [0.5, 0.6) is 11.5 Å². The van der Waals surface area contributed by atoms with Crippen LogP contribution in [0.1, 0.15) is 12.5 Å². The summed E-state index contributed by atoms with van der Waals surface area (Å²) in [5, 5.41) is 0. The highest BCUT2D eigenvalue weighted by atomic mass is 16.5. The van der Waals surface area contributed by atoms with Crippen molar-refractivity contribution in [1.29, 1.82) is 0 Å². The molecule has 1 aromatic heterocycles. The van der Waals surface area contributed by atoms with Gasteiger partial charge in [-0.05, 0) is 42.8 Å². The van der Waals surface area contributed by atoms with Gasteiger partial charge in [-0.2, -0.15) is 0 Å². The molecule has 4 heteroatoms. The van der Waals surface area contributed by atoms with Crippen molar-refractivity contribution in [3.63, 3.8) is 0 Å². The van der Waals surface area contributed by atoms with Crippen LogP contribution in [0, 0.1) is 0 Å². The number of H-pyrrole nitrogens is 1. The van der Waals surface area contributed by atoms with Crippen LogP contribution in [-0.2, 0) is 6.61 Å². The molecule has 4 rings (SSSR count). The number of ether oxygens (including phenoxy) is 2. The van der Waals surface area contributed by atoms with Gasteiger partial charge in [-0.25, -0.2) is 4.98 Å². The van der Waals surface area contributed by atoms with Crippen molar-refractivity contribution in [2.45, 2.75) is 13.5 Å². The van der Waals surface area contributed by atoms with E-state index < -0.39 is 0 Å². The van der Waals surface area contributed by atoms with Gasteiger partial charge in [0, 0.05) is 5.56 Å². The highest BCUT2D eigenvalue weighted by molar-refractivity contribution is 5.79. The second kappa shape index (κ2) is 7.31. The zero-order valence-electron chi connectivity index (χ0n) is 14.6. The SMILES string of the molecule is CCOc1cc(-c2nc3ccccc3[nH]2)ccc1OCc1ccccc1. The van der Waals surface area contributed by atoms with Gasteiger partial charge in [-0.3, -0.25) is 0 Å². The van der Waals surface area contributed by atoms with E-state index in [9.17, 15) is 0 Å². The molecule has 0 amide bonds. The molecular formula is C22H20N2O2. The van der Waals surface area contributed by atoms with E-state index in [0.29, 0.717) is 13.2 Å². The van der Waals surface area contributed by atoms with E-state index >= 15 is 0 Å². The molecule has 1 N–H and O–H groups in total. The van der Waals surface area contributed by atoms with E-state index in [4.69, 9.17) is 9.47 Å². The van der Waals surface area contributed by atoms with Crippen LogP contribution < -0.4 is 9.47 Å². The summed E-state index contributed by atoms with van der Waals surface area (Å²) in [6.45, 7) is 3.05. The number of hydrogen-bond acceptors (Lipinski definition) is 3. The summed E-state index contributed by atoms with van der Waals surface area (Å²) >= 11 is 0. The predicted octanol–water partition coefficient (Wildman–Crippen LogP) is 5.21. The molecule has 130 valence electrons. The number of hydrogen-bond donors (Lipinski definition) is 1. The Bertz CT molecular complexity index is 976. The van der Waals surface area contributed by atoms with Crippen LogP contribution in [0.2, 0.25) is 0 Å². The Morgan fingerprint density at radius 1 is 0.846 bits per heavy atom. The average Bonchev–Trinajstić information content (AvgIpc) is 3.12. The van der Waals surface area contributed by atoms with Crippen LogP contribution in [-0.4, -0.2) is 16.6 Å². The molecule has 0 bridgehead atoms. The average molecular weight is 344 g/mol. The molecule has 0 aliphatic heterocycles. The Morgan fingerprint density at radius 2 is 1.65 bits per heavy atom. The number of fused-ring (bicyclic) bond motifs is 1. The summed E-state index contributed by atoms with van der Waals surface area (Å²) in [6, 6.07) is 24.0. The second-order valence-electron chi connectivity index (χ2n) is 5.97. The Labute approximate surface area is 152 Å². The van der Waals surface area contributed by atoms with Gasteiger partial charge in [0.2, 0.25) is 0 Å². The van der Waals surface area contributed by atoms with Crippen molar-refractivity contribution < 1.29 is 9.47 Å². The number of imidazole rings is 1. The summed E-state index contributed by atoms with van der Waals surface area (Å²) in [5.74, 6) is 2.28. The lowest BCUT2D eigenvalue weighted by Gasteiger charge is -2.13. The molecule has 0 aliphatic carbocycles. The third kappa shape index (κ3) is 3.40. The Kier molecular flexibility index (Phi) is 4.56. The van der Waals surface area contributed by atoms with Crippen LogP contribution in [0.15, 0.2) is 72.8 Å². The molecule has 0 unspecified atom stereocenters. The number of aromatic nitrogens is 2. The first-order chi connectivity index (χ1) is 12.8. The molecule has 0 saturated heterocycles. The van der Waals surface area contributed by atoms with Crippen molar-refractivity contribution in [1.82, 2.24) is 9.97 Å². The van der Waals surface area contributed by atoms with Crippen LogP contribution in [0.4, 0.5) is 0 Å². The lowest BCUT2D eigenvalue weighted by atomic mass is 10.2. The first-order valence-corrected chi connectivity index (χ1v) is 8.72. The molecule has 0 spiro atoms. The maximum Gasteiger partial charge on any atom is 0.161 e. The van der Waals surface area contributed by atoms with E-state index in [1.54, 1.807) is 0 Å². The first-order valence-electron chi connectivity index (χ1n) is 8.72. The number of para-hydroxylation sites is 2. The van der Waals surface area contributed by atoms with E-state index in [-0.39, 0.29) is 0 Å². The Morgan fingerprint density at radius 3 is 2.46 bits per heavy atom. The van der Waals surface area contributed by atoms with Gasteiger partial charge in [-0.15, -0.1) is 0 Å². The minimum absolute atomic E-state index is 0.505. The number of nitrogens with one attached hydrogen (secondary N) is 1. The largest absolute Gasteiger partial charge is 0.490 e. The van der Waals surface area contributed by atoms with E-state index in [1.807, 2.05) is 79.7 Å². The number of aromatic amines is 1. The van der Waals surface area contributed by atoms with Crippen LogP contribution in [0.3, 0.4) is 0 Å². The van der Waals surface area contributed by atoms with Crippen molar-refractivity contribution in [3.05, 3.63) is 78.4 Å². The molecule has 1 heterocycles. The van der Waals surface area contributed by atoms with Crippen molar-refractivity contribution >= 4 is 11.0 Å². The van der Waals surface area contributed by atoms with Crippen molar-refractivity contribution in [3.8, 4) is 22.9 Å². The molecule has 0 radical (unpaired) electrons. The monoisotopic (exact) mass is 344 g/mol. The zero-order valence-corrected chi connectivity index (χ0v) is 14.6. The third-order valence-electron chi connectivity index (χ3n) is 4.14. The molecule has 26 heavy (non-hydrogen) atoms. The summed E-state index contributed by atoms with van der Waals surface area (Å²) in [7, 11) is 0. The standard InChI is InChI=1S/C22H20N2O2/c1-2-25-21-14-17(22-23-18-10-6-7-11-19(18)24-22)12-13-20(21)26-15-16-8-4-3-5-9-16/h3-14H,2,15H2,1H3,(H,23,24). The fraction of sp³-hybridized carbons (Fsp3) is 0.136. The smallest absolute Gasteiger partial charge is 0.161 e. The van der Waals surface area contributed by atoms with Gasteiger partial charge in [0.05, 0.1) is 17.6 Å². The highest BCUT2D eigenvalue weighted by Crippen LogP contribution is 2.33. The summed E-state index contributed by atoms with van der Waals surface area (Å²) < 4.78 is 11.8. The summed E-state index contributed by atoms with van der Waals surface area (Å²) in [4.78, 5) is 8.01. The van der Waals surface area contributed by atoms with Crippen LogP contribution >= 0.6 is 0 Å². The molecule has 0 aliphatic rings. The van der Waals surface area contributed by atoms with Crippen molar-refractivity contribution in [2.75, 3.05) is 6.61 Å². The molecule has 4 nitrogen and oxygen atoms in total. The minimum atomic E-state index is 0.505. The van der Waals surface area contributed by atoms with Crippen molar-refractivity contribution in [2.24, 2.45) is 0 Å². The van der Waals surface area contributed by atoms with E-state index in [1.165, 1.54) is 0 Å². The first kappa shape index (κ1) is 16.2. The number of nitrogens with zero attached hydrogens (tertiary/aromatic N) is 1. The maximum atomic E-state index is 5.97. The molecule has 4 aromatic rings. The number of rotatable bonds is 6. The van der Waals surface area contributed by atoms with Gasteiger partial charge >= 0.3 is 0 Å². The topological polar surface area (TPSA) is 47.1 Å². The van der Waals surface area contributed by atoms with Gasteiger partial charge in [0.25, 0.3) is 0 Å². The predicted molar refractivity (Wildman–Crippen MR) is 103 cm³/mol. The Balaban J connectivity index is 1.62.